The molecular weight excluding hydrogens is 304 g/mol. The summed E-state index contributed by atoms with van der Waals surface area (Å²) in [7, 11) is 1.74. The highest BCUT2D eigenvalue weighted by molar-refractivity contribution is 5.96. The number of para-hydroxylation sites is 1. The predicted octanol–water partition coefficient (Wildman–Crippen LogP) is 2.34. The number of fused-ring (bicyclic) bond motifs is 1. The number of rotatable bonds is 5. The van der Waals surface area contributed by atoms with Crippen LogP contribution in [0, 0.1) is 5.92 Å². The molecule has 2 N–H and O–H groups in total. The van der Waals surface area contributed by atoms with E-state index < -0.39 is 5.60 Å². The molecule has 0 bridgehead atoms. The zero-order valence-corrected chi connectivity index (χ0v) is 14.3. The number of amides is 2. The van der Waals surface area contributed by atoms with Gasteiger partial charge in [-0.05, 0) is 37.3 Å². The first-order chi connectivity index (χ1) is 11.5. The van der Waals surface area contributed by atoms with Gasteiger partial charge in [-0.25, -0.2) is 0 Å². The van der Waals surface area contributed by atoms with E-state index in [1.807, 2.05) is 24.3 Å². The molecule has 1 aliphatic heterocycles. The van der Waals surface area contributed by atoms with Crippen LogP contribution >= 0.6 is 0 Å². The van der Waals surface area contributed by atoms with Crippen molar-refractivity contribution in [2.24, 2.45) is 5.92 Å². The van der Waals surface area contributed by atoms with Gasteiger partial charge in [-0.15, -0.1) is 0 Å². The zero-order chi connectivity index (χ0) is 17.2. The molecule has 24 heavy (non-hydrogen) atoms. The SMILES string of the molecule is CN(CC1(O)CCCC1)C(=O)CCC1Cc2ccccc2NC1=O. The quantitative estimate of drug-likeness (QED) is 0.870. The van der Waals surface area contributed by atoms with Gasteiger partial charge in [0, 0.05) is 31.6 Å². The van der Waals surface area contributed by atoms with Gasteiger partial charge in [0.05, 0.1) is 5.60 Å². The van der Waals surface area contributed by atoms with Crippen molar-refractivity contribution in [1.29, 1.82) is 0 Å². The summed E-state index contributed by atoms with van der Waals surface area (Å²) in [6, 6.07) is 7.80. The molecule has 2 aliphatic rings. The topological polar surface area (TPSA) is 69.6 Å². The van der Waals surface area contributed by atoms with E-state index in [1.165, 1.54) is 0 Å². The van der Waals surface area contributed by atoms with Crippen LogP contribution in [-0.4, -0.2) is 41.0 Å². The van der Waals surface area contributed by atoms with Crippen molar-refractivity contribution < 1.29 is 14.7 Å². The van der Waals surface area contributed by atoms with Gasteiger partial charge in [-0.2, -0.15) is 0 Å². The molecule has 2 amide bonds. The van der Waals surface area contributed by atoms with Crippen LogP contribution < -0.4 is 5.32 Å². The van der Waals surface area contributed by atoms with E-state index in [0.29, 0.717) is 25.8 Å². The largest absolute Gasteiger partial charge is 0.388 e. The number of likely N-dealkylation sites (N-methyl/N-ethyl adjacent to an activating group) is 1. The van der Waals surface area contributed by atoms with Crippen LogP contribution in [0.25, 0.3) is 0 Å². The van der Waals surface area contributed by atoms with Gasteiger partial charge < -0.3 is 15.3 Å². The minimum Gasteiger partial charge on any atom is -0.388 e. The lowest BCUT2D eigenvalue weighted by Gasteiger charge is -2.29. The number of hydrogen-bond acceptors (Lipinski definition) is 3. The highest BCUT2D eigenvalue weighted by Gasteiger charge is 2.33. The molecule has 0 radical (unpaired) electrons. The fourth-order valence-corrected chi connectivity index (χ4v) is 3.86. The van der Waals surface area contributed by atoms with Gasteiger partial charge in [0.25, 0.3) is 0 Å². The van der Waals surface area contributed by atoms with Crippen LogP contribution in [0.1, 0.15) is 44.1 Å². The molecule has 1 heterocycles. The summed E-state index contributed by atoms with van der Waals surface area (Å²) in [5.74, 6) is -0.160. The van der Waals surface area contributed by atoms with Crippen LogP contribution in [0.4, 0.5) is 5.69 Å². The Morgan fingerprint density at radius 2 is 2.04 bits per heavy atom. The number of nitrogens with one attached hydrogen (secondary N) is 1. The average Bonchev–Trinajstić information content (AvgIpc) is 2.98. The summed E-state index contributed by atoms with van der Waals surface area (Å²) in [5.41, 5.74) is 1.29. The van der Waals surface area contributed by atoms with Gasteiger partial charge in [0.15, 0.2) is 0 Å². The number of benzene rings is 1. The normalized spacial score (nSPS) is 21.9. The summed E-state index contributed by atoms with van der Waals surface area (Å²) >= 11 is 0. The molecule has 1 unspecified atom stereocenters. The van der Waals surface area contributed by atoms with Crippen LogP contribution in [0.15, 0.2) is 24.3 Å². The summed E-state index contributed by atoms with van der Waals surface area (Å²) in [6.07, 6.45) is 5.16. The summed E-state index contributed by atoms with van der Waals surface area (Å²) in [4.78, 5) is 26.2. The van der Waals surface area contributed by atoms with E-state index in [2.05, 4.69) is 5.32 Å². The molecular formula is C19H26N2O3. The van der Waals surface area contributed by atoms with E-state index in [9.17, 15) is 14.7 Å². The van der Waals surface area contributed by atoms with E-state index >= 15 is 0 Å². The number of carbonyl (C=O) groups is 2. The van der Waals surface area contributed by atoms with Gasteiger partial charge in [0.1, 0.15) is 0 Å². The van der Waals surface area contributed by atoms with Gasteiger partial charge >= 0.3 is 0 Å². The van der Waals surface area contributed by atoms with Crippen molar-refractivity contribution in [3.8, 4) is 0 Å². The lowest BCUT2D eigenvalue weighted by Crippen LogP contribution is -2.42. The third kappa shape index (κ3) is 3.78. The molecule has 5 nitrogen and oxygen atoms in total. The molecule has 1 fully saturated rings. The van der Waals surface area contributed by atoms with Gasteiger partial charge in [-0.1, -0.05) is 31.0 Å². The molecule has 1 aliphatic carbocycles. The number of nitrogens with zero attached hydrogens (tertiary/aromatic N) is 1. The monoisotopic (exact) mass is 330 g/mol. The fraction of sp³-hybridized carbons (Fsp3) is 0.579. The first kappa shape index (κ1) is 17.0. The second-order valence-electron chi connectivity index (χ2n) is 7.27. The zero-order valence-electron chi connectivity index (χ0n) is 14.3. The number of carbonyl (C=O) groups excluding carboxylic acids is 2. The molecule has 130 valence electrons. The maximum absolute atomic E-state index is 12.4. The number of hydrogen-bond donors (Lipinski definition) is 2. The Morgan fingerprint density at radius 1 is 1.33 bits per heavy atom. The van der Waals surface area contributed by atoms with Crippen molar-refractivity contribution in [1.82, 2.24) is 4.90 Å². The minimum absolute atomic E-state index is 0.00132. The number of aliphatic hydroxyl groups is 1. The summed E-state index contributed by atoms with van der Waals surface area (Å²) in [6.45, 7) is 0.394. The molecule has 0 aromatic heterocycles. The maximum atomic E-state index is 12.4. The second-order valence-corrected chi connectivity index (χ2v) is 7.27. The van der Waals surface area contributed by atoms with Crippen LogP contribution in [0.5, 0.6) is 0 Å². The smallest absolute Gasteiger partial charge is 0.227 e. The first-order valence-corrected chi connectivity index (χ1v) is 8.82. The molecule has 5 heteroatoms. The predicted molar refractivity (Wildman–Crippen MR) is 92.6 cm³/mol. The number of anilines is 1. The fourth-order valence-electron chi connectivity index (χ4n) is 3.86. The second kappa shape index (κ2) is 6.93. The van der Waals surface area contributed by atoms with Gasteiger partial charge in [0.2, 0.25) is 11.8 Å². The average molecular weight is 330 g/mol. The highest BCUT2D eigenvalue weighted by Crippen LogP contribution is 2.31. The Bertz CT molecular complexity index is 623. The minimum atomic E-state index is -0.717. The van der Waals surface area contributed by atoms with Crippen molar-refractivity contribution in [2.75, 3.05) is 18.9 Å². The Kier molecular flexibility index (Phi) is 4.90. The lowest BCUT2D eigenvalue weighted by molar-refractivity contribution is -0.133. The maximum Gasteiger partial charge on any atom is 0.227 e. The van der Waals surface area contributed by atoms with Crippen LogP contribution in [-0.2, 0) is 16.0 Å². The van der Waals surface area contributed by atoms with E-state index in [0.717, 1.165) is 36.9 Å². The van der Waals surface area contributed by atoms with Crippen LogP contribution in [0.3, 0.4) is 0 Å². The molecule has 1 aromatic rings. The van der Waals surface area contributed by atoms with E-state index in [-0.39, 0.29) is 17.7 Å². The molecule has 1 aromatic carbocycles. The van der Waals surface area contributed by atoms with Crippen molar-refractivity contribution in [3.63, 3.8) is 0 Å². The molecule has 0 saturated heterocycles. The lowest BCUT2D eigenvalue weighted by atomic mass is 9.89. The Labute approximate surface area is 143 Å². The standard InChI is InChI=1S/C19H26N2O3/c1-21(13-19(24)10-4-5-11-19)17(22)9-8-15-12-14-6-2-3-7-16(14)20-18(15)23/h2-3,6-7,15,24H,4-5,8-13H2,1H3,(H,20,23). The van der Waals surface area contributed by atoms with E-state index in [4.69, 9.17) is 0 Å². The molecule has 0 spiro atoms. The highest BCUT2D eigenvalue weighted by atomic mass is 16.3. The Morgan fingerprint density at radius 3 is 2.79 bits per heavy atom. The third-order valence-electron chi connectivity index (χ3n) is 5.31. The van der Waals surface area contributed by atoms with Gasteiger partial charge in [-0.3, -0.25) is 9.59 Å². The van der Waals surface area contributed by atoms with Crippen molar-refractivity contribution in [2.45, 2.75) is 50.5 Å². The Balaban J connectivity index is 1.52. The molecule has 1 atom stereocenters. The van der Waals surface area contributed by atoms with Crippen LogP contribution in [0.2, 0.25) is 0 Å². The van der Waals surface area contributed by atoms with Crippen molar-refractivity contribution in [3.05, 3.63) is 29.8 Å². The molecule has 1 saturated carbocycles. The first-order valence-electron chi connectivity index (χ1n) is 8.82. The summed E-state index contributed by atoms with van der Waals surface area (Å²) in [5, 5.41) is 13.3. The third-order valence-corrected chi connectivity index (χ3v) is 5.31. The Hall–Kier alpha value is -1.88. The van der Waals surface area contributed by atoms with E-state index in [1.54, 1.807) is 11.9 Å². The molecule has 3 rings (SSSR count). The van der Waals surface area contributed by atoms with Crippen molar-refractivity contribution >= 4 is 17.5 Å². The summed E-state index contributed by atoms with van der Waals surface area (Å²) < 4.78 is 0.